The van der Waals surface area contributed by atoms with Crippen LogP contribution < -0.4 is 10.5 Å². The Bertz CT molecular complexity index is 663. The number of rotatable bonds is 6. The molecule has 19 heavy (non-hydrogen) atoms. The average Bonchev–Trinajstić information content (AvgIpc) is 2.71. The van der Waals surface area contributed by atoms with Crippen LogP contribution in [0.25, 0.3) is 5.65 Å². The van der Waals surface area contributed by atoms with Gasteiger partial charge in [0.2, 0.25) is 0 Å². The highest BCUT2D eigenvalue weighted by atomic mass is 32.2. The highest BCUT2D eigenvalue weighted by molar-refractivity contribution is 7.89. The average molecular weight is 282 g/mol. The first-order valence-corrected chi connectivity index (χ1v) is 7.77. The van der Waals surface area contributed by atoms with E-state index in [1.807, 2.05) is 0 Å². The molecule has 3 N–H and O–H groups in total. The van der Waals surface area contributed by atoms with E-state index in [9.17, 15) is 8.42 Å². The van der Waals surface area contributed by atoms with Crippen LogP contribution in [0.5, 0.6) is 0 Å². The van der Waals surface area contributed by atoms with Crippen molar-refractivity contribution < 1.29 is 8.42 Å². The number of sulfonamides is 1. The Morgan fingerprint density at radius 1 is 1.37 bits per heavy atom. The Hall–Kier alpha value is -1.60. The van der Waals surface area contributed by atoms with Crippen LogP contribution in [0.3, 0.4) is 0 Å². The lowest BCUT2D eigenvalue weighted by Crippen LogP contribution is -2.26. The second-order valence-electron chi connectivity index (χ2n) is 4.34. The first-order chi connectivity index (χ1) is 9.06. The van der Waals surface area contributed by atoms with E-state index < -0.39 is 10.0 Å². The fourth-order valence-corrected chi connectivity index (χ4v) is 3.19. The number of nitrogens with one attached hydrogen (secondary N) is 1. The fourth-order valence-electron chi connectivity index (χ4n) is 1.91. The minimum Gasteiger partial charge on any atom is -0.381 e. The summed E-state index contributed by atoms with van der Waals surface area (Å²) in [5, 5.41) is 0.0135. The lowest BCUT2D eigenvalue weighted by molar-refractivity contribution is 0.572. The third-order valence-electron chi connectivity index (χ3n) is 2.84. The third kappa shape index (κ3) is 2.87. The standard InChI is InChI=1S/C12H18N4O2S/c1-2-3-5-8-14-19(17,18)12-11(13)15-10-7-4-6-9-16(10)12/h4,6-7,9,14H,2-3,5,8,13H2,1H3. The summed E-state index contributed by atoms with van der Waals surface area (Å²) in [6.45, 7) is 2.48. The zero-order chi connectivity index (χ0) is 13.9. The Labute approximate surface area is 112 Å². The number of nitrogens with zero attached hydrogens (tertiary/aromatic N) is 2. The van der Waals surface area contributed by atoms with Gasteiger partial charge in [0.25, 0.3) is 10.0 Å². The van der Waals surface area contributed by atoms with E-state index in [1.165, 1.54) is 4.40 Å². The van der Waals surface area contributed by atoms with E-state index in [-0.39, 0.29) is 10.8 Å². The van der Waals surface area contributed by atoms with Crippen molar-refractivity contribution in [2.75, 3.05) is 12.3 Å². The van der Waals surface area contributed by atoms with Gasteiger partial charge < -0.3 is 5.73 Å². The number of nitrogens with two attached hydrogens (primary N) is 1. The molecule has 0 saturated carbocycles. The predicted molar refractivity (Wildman–Crippen MR) is 74.3 cm³/mol. The van der Waals surface area contributed by atoms with Crippen molar-refractivity contribution in [3.8, 4) is 0 Å². The van der Waals surface area contributed by atoms with Crippen LogP contribution in [0, 0.1) is 0 Å². The van der Waals surface area contributed by atoms with Gasteiger partial charge in [-0.1, -0.05) is 25.8 Å². The van der Waals surface area contributed by atoms with Crippen LogP contribution in [0.15, 0.2) is 29.4 Å². The third-order valence-corrected chi connectivity index (χ3v) is 4.34. The van der Waals surface area contributed by atoms with Gasteiger partial charge in [0.1, 0.15) is 5.65 Å². The quantitative estimate of drug-likeness (QED) is 0.783. The van der Waals surface area contributed by atoms with Gasteiger partial charge in [0.15, 0.2) is 10.8 Å². The summed E-state index contributed by atoms with van der Waals surface area (Å²) in [6, 6.07) is 5.24. The van der Waals surface area contributed by atoms with Crippen LogP contribution in [-0.2, 0) is 10.0 Å². The molecule has 0 radical (unpaired) electrons. The molecule has 0 aliphatic carbocycles. The fraction of sp³-hybridized carbons (Fsp3) is 0.417. The molecule has 104 valence electrons. The second-order valence-corrected chi connectivity index (χ2v) is 6.02. The molecule has 0 saturated heterocycles. The number of anilines is 1. The largest absolute Gasteiger partial charge is 0.381 e. The van der Waals surface area contributed by atoms with Crippen molar-refractivity contribution in [1.82, 2.24) is 14.1 Å². The molecule has 2 aromatic rings. The summed E-state index contributed by atoms with van der Waals surface area (Å²) < 4.78 is 28.5. The van der Waals surface area contributed by atoms with Crippen molar-refractivity contribution in [1.29, 1.82) is 0 Å². The summed E-state index contributed by atoms with van der Waals surface area (Å²) >= 11 is 0. The Morgan fingerprint density at radius 3 is 2.89 bits per heavy atom. The minimum atomic E-state index is -3.63. The topological polar surface area (TPSA) is 89.5 Å². The summed E-state index contributed by atoms with van der Waals surface area (Å²) in [6.07, 6.45) is 4.48. The van der Waals surface area contributed by atoms with Gasteiger partial charge in [-0.2, -0.15) is 0 Å². The molecule has 0 aliphatic rings. The summed E-state index contributed by atoms with van der Waals surface area (Å²) in [5.41, 5.74) is 6.24. The summed E-state index contributed by atoms with van der Waals surface area (Å²) in [7, 11) is -3.63. The molecule has 2 heterocycles. The van der Waals surface area contributed by atoms with Gasteiger partial charge in [0.05, 0.1) is 0 Å². The maximum Gasteiger partial charge on any atom is 0.260 e. The van der Waals surface area contributed by atoms with Crippen molar-refractivity contribution in [3.63, 3.8) is 0 Å². The lowest BCUT2D eigenvalue weighted by Gasteiger charge is -2.06. The van der Waals surface area contributed by atoms with E-state index in [4.69, 9.17) is 5.73 Å². The molecule has 7 heteroatoms. The highest BCUT2D eigenvalue weighted by Gasteiger charge is 2.22. The van der Waals surface area contributed by atoms with Crippen LogP contribution in [0.2, 0.25) is 0 Å². The number of nitrogen functional groups attached to an aromatic ring is 1. The molecule has 0 amide bonds. The van der Waals surface area contributed by atoms with Gasteiger partial charge in [-0.05, 0) is 18.6 Å². The summed E-state index contributed by atoms with van der Waals surface area (Å²) in [5.74, 6) is 0.0224. The molecular weight excluding hydrogens is 264 g/mol. The van der Waals surface area contributed by atoms with E-state index in [0.29, 0.717) is 12.2 Å². The predicted octanol–water partition coefficient (Wildman–Crippen LogP) is 1.39. The molecular formula is C12H18N4O2S. The second kappa shape index (κ2) is 5.58. The number of fused-ring (bicyclic) bond motifs is 1. The number of aromatic nitrogens is 2. The highest BCUT2D eigenvalue weighted by Crippen LogP contribution is 2.19. The van der Waals surface area contributed by atoms with Crippen molar-refractivity contribution in [3.05, 3.63) is 24.4 Å². The molecule has 0 aliphatic heterocycles. The molecule has 0 unspecified atom stereocenters. The monoisotopic (exact) mass is 282 g/mol. The van der Waals surface area contributed by atoms with Crippen LogP contribution in [0.1, 0.15) is 26.2 Å². The number of unbranched alkanes of at least 4 members (excludes halogenated alkanes) is 2. The van der Waals surface area contributed by atoms with Gasteiger partial charge >= 0.3 is 0 Å². The normalized spacial score (nSPS) is 12.1. The summed E-state index contributed by atoms with van der Waals surface area (Å²) in [4.78, 5) is 4.05. The molecule has 6 nitrogen and oxygen atoms in total. The molecule has 0 spiro atoms. The molecule has 0 bridgehead atoms. The number of hydrogen-bond donors (Lipinski definition) is 2. The molecule has 2 rings (SSSR count). The SMILES string of the molecule is CCCCCNS(=O)(=O)c1c(N)nc2ccccn12. The van der Waals surface area contributed by atoms with Crippen LogP contribution in [0.4, 0.5) is 5.82 Å². The molecule has 0 aromatic carbocycles. The lowest BCUT2D eigenvalue weighted by atomic mass is 10.3. The van der Waals surface area contributed by atoms with Crippen LogP contribution >= 0.6 is 0 Å². The van der Waals surface area contributed by atoms with E-state index in [2.05, 4.69) is 16.6 Å². The Kier molecular flexibility index (Phi) is 4.06. The molecule has 0 atom stereocenters. The molecule has 0 fully saturated rings. The van der Waals surface area contributed by atoms with E-state index >= 15 is 0 Å². The van der Waals surface area contributed by atoms with Gasteiger partial charge in [-0.3, -0.25) is 4.40 Å². The first-order valence-electron chi connectivity index (χ1n) is 6.28. The van der Waals surface area contributed by atoms with E-state index in [1.54, 1.807) is 24.4 Å². The van der Waals surface area contributed by atoms with Gasteiger partial charge in [-0.25, -0.2) is 18.1 Å². The van der Waals surface area contributed by atoms with Gasteiger partial charge in [0, 0.05) is 12.7 Å². The van der Waals surface area contributed by atoms with Crippen molar-refractivity contribution in [2.45, 2.75) is 31.2 Å². The van der Waals surface area contributed by atoms with Crippen LogP contribution in [-0.4, -0.2) is 24.3 Å². The van der Waals surface area contributed by atoms with Gasteiger partial charge in [-0.15, -0.1) is 0 Å². The zero-order valence-corrected chi connectivity index (χ0v) is 11.7. The first kappa shape index (κ1) is 13.8. The Morgan fingerprint density at radius 2 is 2.16 bits per heavy atom. The Balaban J connectivity index is 2.30. The number of imidazole rings is 1. The minimum absolute atomic E-state index is 0.0135. The van der Waals surface area contributed by atoms with Crippen molar-refractivity contribution in [2.24, 2.45) is 0 Å². The zero-order valence-electron chi connectivity index (χ0n) is 10.8. The van der Waals surface area contributed by atoms with Crippen molar-refractivity contribution >= 4 is 21.5 Å². The maximum absolute atomic E-state index is 12.2. The van der Waals surface area contributed by atoms with E-state index in [0.717, 1.165) is 19.3 Å². The smallest absolute Gasteiger partial charge is 0.260 e. The maximum atomic E-state index is 12.2. The number of hydrogen-bond acceptors (Lipinski definition) is 4. The molecule has 2 aromatic heterocycles. The number of pyridine rings is 1.